The number of hydrogen-bond acceptors (Lipinski definition) is 12. The normalized spacial score (nSPS) is 27.4. The number of aliphatic hydroxyl groups is 1. The zero-order valence-corrected chi connectivity index (χ0v) is 37.9. The number of hydrogen-bond donors (Lipinski definition) is 1. The average Bonchev–Trinajstić information content (AvgIpc) is 3.54. The van der Waals surface area contributed by atoms with E-state index in [1.54, 1.807) is 62.3 Å². The second kappa shape index (κ2) is 16.7. The number of rotatable bonds is 15. The molecule has 3 aliphatic rings. The summed E-state index contributed by atoms with van der Waals surface area (Å²) in [6, 6.07) is 26.9. The van der Waals surface area contributed by atoms with Gasteiger partial charge in [0, 0.05) is 19.3 Å². The van der Waals surface area contributed by atoms with E-state index in [9.17, 15) is 9.90 Å². The van der Waals surface area contributed by atoms with Gasteiger partial charge in [0.2, 0.25) is 16.8 Å². The van der Waals surface area contributed by atoms with Crippen molar-refractivity contribution in [1.82, 2.24) is 0 Å². The first kappa shape index (κ1) is 46.6. The van der Waals surface area contributed by atoms with Crippen LogP contribution < -0.4 is 0 Å². The summed E-state index contributed by atoms with van der Waals surface area (Å²) in [7, 11) is 0. The van der Waals surface area contributed by atoms with E-state index < -0.39 is 81.4 Å². The minimum absolute atomic E-state index is 0.0453. The Balaban J connectivity index is 1.45. The van der Waals surface area contributed by atoms with Crippen LogP contribution in [-0.4, -0.2) is 80.6 Å². The summed E-state index contributed by atoms with van der Waals surface area (Å²) in [5.41, 5.74) is -7.11. The van der Waals surface area contributed by atoms with Gasteiger partial charge >= 0.3 is 23.9 Å². The van der Waals surface area contributed by atoms with Crippen LogP contribution in [0.1, 0.15) is 100 Å². The Hall–Kier alpha value is -4.88. The van der Waals surface area contributed by atoms with Crippen molar-refractivity contribution in [2.75, 3.05) is 0 Å². The molecule has 62 heavy (non-hydrogen) atoms. The van der Waals surface area contributed by atoms with Gasteiger partial charge in [-0.25, -0.2) is 14.4 Å². The van der Waals surface area contributed by atoms with Crippen LogP contribution in [0, 0.1) is 11.8 Å². The Morgan fingerprint density at radius 1 is 0.694 bits per heavy atom. The summed E-state index contributed by atoms with van der Waals surface area (Å²) >= 11 is 0. The third kappa shape index (κ3) is 8.46. The maximum Gasteiger partial charge on any atom is 0.346 e. The molecule has 2 saturated heterocycles. The molecule has 0 radical (unpaired) electrons. The van der Waals surface area contributed by atoms with Gasteiger partial charge in [-0.05, 0) is 103 Å². The summed E-state index contributed by atoms with van der Waals surface area (Å²) in [5.74, 6) is -7.66. The SMILES string of the molecule is C=C(CCC12O[C@]3(C(=O)OC(C)(C)C)C([C@H]1O)[C@@](C(=O)OC(C)(C)C)(O2)C3(OCc1ccc(-c2ccccc2)cc1)C(=O)OC(C)(C)C)[C@@H](OC(C)=O)[C@H](C)Cc1ccccc1. The zero-order valence-electron chi connectivity index (χ0n) is 37.9. The monoisotopic (exact) mass is 854 g/mol. The molecular formula is C50H62O12. The molecule has 2 aliphatic heterocycles. The molecule has 3 fully saturated rings. The van der Waals surface area contributed by atoms with Crippen LogP contribution in [0.15, 0.2) is 97.1 Å². The molecule has 0 aromatic heterocycles. The number of ether oxygens (including phenoxy) is 7. The molecule has 1 N–H and O–H groups in total. The van der Waals surface area contributed by atoms with E-state index in [1.165, 1.54) is 6.92 Å². The van der Waals surface area contributed by atoms with Crippen molar-refractivity contribution in [3.63, 3.8) is 0 Å². The van der Waals surface area contributed by atoms with Gasteiger partial charge < -0.3 is 38.3 Å². The number of carbonyl (C=O) groups is 4. The summed E-state index contributed by atoms with van der Waals surface area (Å²) in [6.07, 6.45) is -2.03. The molecular weight excluding hydrogens is 793 g/mol. The smallest absolute Gasteiger partial charge is 0.346 e. The number of aliphatic hydroxyl groups excluding tert-OH is 1. The standard InChI is InChI=1S/C50H62O12/c1-31(38(57-33(3)51)32(2)29-34-19-15-13-16-20-34)27-28-47-40(52)39-48(61-47,41(53)58-44(4,5)6)50(43(55)60-46(10,11)12,49(39,62-47)42(54)59-45(7,8)9)56-30-35-23-25-37(26-24-35)36-21-17-14-18-22-36/h13-26,32,38-40,52H,1,27-30H2,2-12H3/t32-,38-,39?,40-,47?,48+,49+,50?/m1/s1. The Kier molecular flexibility index (Phi) is 12.5. The molecule has 2 heterocycles. The zero-order chi connectivity index (χ0) is 45.7. The molecule has 12 nitrogen and oxygen atoms in total. The second-order valence-corrected chi connectivity index (χ2v) is 19.8. The lowest BCUT2D eigenvalue weighted by Gasteiger charge is -2.67. The summed E-state index contributed by atoms with van der Waals surface area (Å²) < 4.78 is 44.2. The van der Waals surface area contributed by atoms with E-state index in [1.807, 2.05) is 91.9 Å². The second-order valence-electron chi connectivity index (χ2n) is 19.8. The highest BCUT2D eigenvalue weighted by atomic mass is 16.8. The third-order valence-electron chi connectivity index (χ3n) is 11.4. The van der Waals surface area contributed by atoms with Gasteiger partial charge in [0.15, 0.2) is 5.79 Å². The molecule has 1 aliphatic carbocycles. The maximum absolute atomic E-state index is 15.2. The van der Waals surface area contributed by atoms with Crippen LogP contribution in [0.3, 0.4) is 0 Å². The molecule has 3 aromatic rings. The predicted molar refractivity (Wildman–Crippen MR) is 230 cm³/mol. The van der Waals surface area contributed by atoms with Crippen molar-refractivity contribution < 1.29 is 57.4 Å². The van der Waals surface area contributed by atoms with E-state index in [0.717, 1.165) is 16.7 Å². The van der Waals surface area contributed by atoms with E-state index in [4.69, 9.17) is 33.2 Å². The van der Waals surface area contributed by atoms with Crippen LogP contribution in [0.4, 0.5) is 0 Å². The fourth-order valence-corrected chi connectivity index (χ4v) is 9.05. The Morgan fingerprint density at radius 3 is 1.65 bits per heavy atom. The average molecular weight is 855 g/mol. The van der Waals surface area contributed by atoms with Crippen molar-refractivity contribution in [1.29, 1.82) is 0 Å². The fourth-order valence-electron chi connectivity index (χ4n) is 9.05. The molecule has 12 heteroatoms. The highest BCUT2D eigenvalue weighted by molar-refractivity contribution is 6.07. The van der Waals surface area contributed by atoms with E-state index in [2.05, 4.69) is 6.58 Å². The number of benzene rings is 3. The minimum atomic E-state index is -2.71. The molecule has 0 amide bonds. The molecule has 334 valence electrons. The van der Waals surface area contributed by atoms with Crippen molar-refractivity contribution in [2.45, 2.75) is 154 Å². The van der Waals surface area contributed by atoms with Crippen LogP contribution in [0.5, 0.6) is 0 Å². The van der Waals surface area contributed by atoms with Gasteiger partial charge in [0.25, 0.3) is 0 Å². The summed E-state index contributed by atoms with van der Waals surface area (Å²) in [5, 5.41) is 12.5. The summed E-state index contributed by atoms with van der Waals surface area (Å²) in [4.78, 5) is 57.7. The molecule has 0 unspecified atom stereocenters. The van der Waals surface area contributed by atoms with Gasteiger partial charge in [0.05, 0.1) is 12.5 Å². The number of esters is 4. The van der Waals surface area contributed by atoms with Gasteiger partial charge in [-0.15, -0.1) is 0 Å². The van der Waals surface area contributed by atoms with Gasteiger partial charge in [0.1, 0.15) is 29.0 Å². The van der Waals surface area contributed by atoms with Crippen LogP contribution in [0.2, 0.25) is 0 Å². The Morgan fingerprint density at radius 2 is 1.16 bits per heavy atom. The third-order valence-corrected chi connectivity index (χ3v) is 11.4. The first-order chi connectivity index (χ1) is 28.8. The van der Waals surface area contributed by atoms with Crippen LogP contribution in [0.25, 0.3) is 11.1 Å². The minimum Gasteiger partial charge on any atom is -0.458 e. The highest BCUT2D eigenvalue weighted by Gasteiger charge is 3.04. The van der Waals surface area contributed by atoms with E-state index >= 15 is 14.4 Å². The largest absolute Gasteiger partial charge is 0.458 e. The number of carbonyl (C=O) groups excluding carboxylic acids is 4. The Labute approximate surface area is 365 Å². The molecule has 1 saturated carbocycles. The number of fused-ring (bicyclic) bond motifs is 1. The lowest BCUT2D eigenvalue weighted by atomic mass is 9.46. The lowest BCUT2D eigenvalue weighted by Crippen LogP contribution is -2.95. The van der Waals surface area contributed by atoms with Gasteiger partial charge in [-0.3, -0.25) is 4.79 Å². The fraction of sp³-hybridized carbons (Fsp3) is 0.520. The van der Waals surface area contributed by atoms with Crippen LogP contribution >= 0.6 is 0 Å². The first-order valence-corrected chi connectivity index (χ1v) is 21.3. The molecule has 0 spiro atoms. The lowest BCUT2D eigenvalue weighted by molar-refractivity contribution is -0.454. The van der Waals surface area contributed by atoms with E-state index in [0.29, 0.717) is 17.6 Å². The van der Waals surface area contributed by atoms with Crippen molar-refractivity contribution in [3.05, 3.63) is 108 Å². The van der Waals surface area contributed by atoms with Gasteiger partial charge in [-0.1, -0.05) is 98.4 Å². The summed E-state index contributed by atoms with van der Waals surface area (Å²) in [6.45, 7) is 22.0. The predicted octanol–water partition coefficient (Wildman–Crippen LogP) is 8.01. The Bertz CT molecular complexity index is 2100. The van der Waals surface area contributed by atoms with E-state index in [-0.39, 0.29) is 25.4 Å². The molecule has 6 rings (SSSR count). The van der Waals surface area contributed by atoms with Crippen LogP contribution in [-0.2, 0) is 65.4 Å². The molecule has 5 atom stereocenters. The van der Waals surface area contributed by atoms with Crippen molar-refractivity contribution in [3.8, 4) is 11.1 Å². The van der Waals surface area contributed by atoms with Crippen molar-refractivity contribution in [2.24, 2.45) is 11.8 Å². The quantitative estimate of drug-likeness (QED) is 0.0896. The van der Waals surface area contributed by atoms with Gasteiger partial charge in [-0.2, -0.15) is 0 Å². The molecule has 2 bridgehead atoms. The first-order valence-electron chi connectivity index (χ1n) is 21.3. The van der Waals surface area contributed by atoms with Crippen molar-refractivity contribution >= 4 is 23.9 Å². The molecule has 3 aromatic carbocycles. The topological polar surface area (TPSA) is 153 Å². The maximum atomic E-state index is 15.2. The highest BCUT2D eigenvalue weighted by Crippen LogP contribution is 2.77.